The monoisotopic (exact) mass is 407 g/mol. The summed E-state index contributed by atoms with van der Waals surface area (Å²) in [6, 6.07) is 8.06. The summed E-state index contributed by atoms with van der Waals surface area (Å²) in [7, 11) is 0. The Kier molecular flexibility index (Phi) is 8.88. The van der Waals surface area contributed by atoms with Crippen molar-refractivity contribution >= 4 is 29.2 Å². The first-order valence-electron chi connectivity index (χ1n) is 9.77. The molecule has 160 valence electrons. The number of ether oxygens (including phenoxy) is 1. The molecule has 1 amide bonds. The molecule has 2 aliphatic heterocycles. The third kappa shape index (κ3) is 7.71. The number of nitrogens with one attached hydrogen (secondary N) is 1. The maximum absolute atomic E-state index is 12.4. The van der Waals surface area contributed by atoms with Crippen LogP contribution in [0.1, 0.15) is 19.8 Å². The molecule has 3 rings (SSSR count). The molecule has 1 unspecified atom stereocenters. The van der Waals surface area contributed by atoms with Crippen molar-refractivity contribution in [1.29, 1.82) is 0 Å². The fraction of sp³-hybridized carbons (Fsp3) is 0.550. The van der Waals surface area contributed by atoms with Gasteiger partial charge in [0.1, 0.15) is 0 Å². The first kappa shape index (κ1) is 22.6. The molecule has 2 fully saturated rings. The molecule has 2 saturated heterocycles. The molecule has 9 nitrogen and oxygen atoms in total. The minimum atomic E-state index is -1.82. The summed E-state index contributed by atoms with van der Waals surface area (Å²) in [6.07, 6.45) is 2.47. The first-order valence-corrected chi connectivity index (χ1v) is 9.77. The number of amides is 1. The van der Waals surface area contributed by atoms with E-state index in [1.54, 1.807) is 0 Å². The second-order valence-corrected chi connectivity index (χ2v) is 7.26. The Morgan fingerprint density at radius 1 is 1.10 bits per heavy atom. The van der Waals surface area contributed by atoms with Gasteiger partial charge in [-0.3, -0.25) is 9.69 Å². The normalized spacial score (nSPS) is 19.6. The number of para-hydroxylation sites is 2. The SMILES string of the molecule is CC1CCCN(CC(=O)Nc2ccccc2N2CCOCC2)C1.O=C(O)C(=O)O. The number of carbonyl (C=O) groups is 3. The van der Waals surface area contributed by atoms with Crippen LogP contribution in [0.5, 0.6) is 0 Å². The van der Waals surface area contributed by atoms with E-state index in [4.69, 9.17) is 24.5 Å². The van der Waals surface area contributed by atoms with Crippen LogP contribution in [0.3, 0.4) is 0 Å². The molecule has 0 aliphatic carbocycles. The van der Waals surface area contributed by atoms with Crippen molar-refractivity contribution < 1.29 is 29.3 Å². The number of hydrogen-bond acceptors (Lipinski definition) is 6. The molecule has 29 heavy (non-hydrogen) atoms. The van der Waals surface area contributed by atoms with Crippen molar-refractivity contribution in [2.75, 3.05) is 56.2 Å². The predicted octanol–water partition coefficient (Wildman–Crippen LogP) is 1.35. The number of rotatable bonds is 4. The van der Waals surface area contributed by atoms with Crippen LogP contribution >= 0.6 is 0 Å². The van der Waals surface area contributed by atoms with Crippen molar-refractivity contribution in [3.05, 3.63) is 24.3 Å². The standard InChI is InChI=1S/C18H27N3O2.C2H2O4/c1-15-5-4-8-20(13-15)14-18(22)19-16-6-2-3-7-17(16)21-9-11-23-12-10-21;3-1(4)2(5)6/h2-3,6-7,15H,4-5,8-14H2,1H3,(H,19,22);(H,3,4)(H,5,6). The highest BCUT2D eigenvalue weighted by molar-refractivity contribution is 6.27. The van der Waals surface area contributed by atoms with E-state index in [-0.39, 0.29) is 5.91 Å². The number of nitrogens with zero attached hydrogens (tertiary/aromatic N) is 2. The van der Waals surface area contributed by atoms with Gasteiger partial charge in [-0.1, -0.05) is 19.1 Å². The Balaban J connectivity index is 0.000000438. The minimum absolute atomic E-state index is 0.0832. The van der Waals surface area contributed by atoms with Gasteiger partial charge in [-0.25, -0.2) is 9.59 Å². The van der Waals surface area contributed by atoms with Gasteiger partial charge >= 0.3 is 11.9 Å². The lowest BCUT2D eigenvalue weighted by atomic mass is 10.0. The number of piperidine rings is 1. The molecule has 1 aromatic rings. The highest BCUT2D eigenvalue weighted by Crippen LogP contribution is 2.26. The van der Waals surface area contributed by atoms with E-state index in [0.717, 1.165) is 50.8 Å². The highest BCUT2D eigenvalue weighted by atomic mass is 16.5. The van der Waals surface area contributed by atoms with Crippen LogP contribution in [0.2, 0.25) is 0 Å². The van der Waals surface area contributed by atoms with E-state index >= 15 is 0 Å². The van der Waals surface area contributed by atoms with Crippen molar-refractivity contribution in [3.63, 3.8) is 0 Å². The molecule has 0 bridgehead atoms. The van der Waals surface area contributed by atoms with Gasteiger partial charge in [0.2, 0.25) is 5.91 Å². The topological polar surface area (TPSA) is 119 Å². The lowest BCUT2D eigenvalue weighted by Gasteiger charge is -2.31. The van der Waals surface area contributed by atoms with Crippen LogP contribution in [-0.4, -0.2) is 78.9 Å². The Bertz CT molecular complexity index is 693. The van der Waals surface area contributed by atoms with Gasteiger partial charge in [-0.15, -0.1) is 0 Å². The van der Waals surface area contributed by atoms with Crippen molar-refractivity contribution in [3.8, 4) is 0 Å². The summed E-state index contributed by atoms with van der Waals surface area (Å²) < 4.78 is 5.42. The Morgan fingerprint density at radius 2 is 1.76 bits per heavy atom. The number of aliphatic carboxylic acids is 2. The molecular formula is C20H29N3O6. The number of morpholine rings is 1. The van der Waals surface area contributed by atoms with Gasteiger partial charge in [0.15, 0.2) is 0 Å². The first-order chi connectivity index (χ1) is 13.9. The summed E-state index contributed by atoms with van der Waals surface area (Å²) in [4.78, 5) is 35.2. The largest absolute Gasteiger partial charge is 0.473 e. The van der Waals surface area contributed by atoms with Crippen molar-refractivity contribution in [2.45, 2.75) is 19.8 Å². The van der Waals surface area contributed by atoms with E-state index in [1.165, 1.54) is 12.8 Å². The summed E-state index contributed by atoms with van der Waals surface area (Å²) in [5.41, 5.74) is 2.00. The van der Waals surface area contributed by atoms with Crippen molar-refractivity contribution in [1.82, 2.24) is 4.90 Å². The molecule has 9 heteroatoms. The molecule has 0 spiro atoms. The molecule has 2 aliphatic rings. The zero-order valence-corrected chi connectivity index (χ0v) is 16.7. The minimum Gasteiger partial charge on any atom is -0.473 e. The summed E-state index contributed by atoms with van der Waals surface area (Å²) >= 11 is 0. The van der Waals surface area contributed by atoms with Crippen LogP contribution < -0.4 is 10.2 Å². The number of likely N-dealkylation sites (tertiary alicyclic amines) is 1. The second kappa shape index (κ2) is 11.4. The number of anilines is 2. The average Bonchev–Trinajstić information content (AvgIpc) is 2.69. The third-order valence-electron chi connectivity index (χ3n) is 4.82. The highest BCUT2D eigenvalue weighted by Gasteiger charge is 2.20. The zero-order valence-electron chi connectivity index (χ0n) is 16.7. The molecular weight excluding hydrogens is 378 g/mol. The Hall–Kier alpha value is -2.65. The molecule has 3 N–H and O–H groups in total. The zero-order chi connectivity index (χ0) is 21.2. The maximum atomic E-state index is 12.4. The van der Waals surface area contributed by atoms with Gasteiger partial charge in [-0.2, -0.15) is 0 Å². The van der Waals surface area contributed by atoms with E-state index in [1.807, 2.05) is 18.2 Å². The number of carbonyl (C=O) groups excluding carboxylic acids is 1. The molecule has 1 atom stereocenters. The summed E-state index contributed by atoms with van der Waals surface area (Å²) in [5.74, 6) is -2.87. The molecule has 0 radical (unpaired) electrons. The van der Waals surface area contributed by atoms with Gasteiger partial charge in [0.05, 0.1) is 31.1 Å². The van der Waals surface area contributed by atoms with Crippen LogP contribution in [0, 0.1) is 5.92 Å². The molecule has 1 aromatic carbocycles. The Morgan fingerprint density at radius 3 is 2.38 bits per heavy atom. The second-order valence-electron chi connectivity index (χ2n) is 7.26. The van der Waals surface area contributed by atoms with E-state index in [2.05, 4.69) is 28.1 Å². The fourth-order valence-electron chi connectivity index (χ4n) is 3.48. The van der Waals surface area contributed by atoms with E-state index < -0.39 is 11.9 Å². The Labute approximate surface area is 170 Å². The van der Waals surface area contributed by atoms with Crippen LogP contribution in [0.15, 0.2) is 24.3 Å². The number of carboxylic acid groups (broad SMARTS) is 2. The number of hydrogen-bond donors (Lipinski definition) is 3. The summed E-state index contributed by atoms with van der Waals surface area (Å²) in [6.45, 7) is 8.04. The molecule has 0 saturated carbocycles. The number of carboxylic acids is 2. The van der Waals surface area contributed by atoms with Gasteiger partial charge in [0, 0.05) is 19.6 Å². The lowest BCUT2D eigenvalue weighted by molar-refractivity contribution is -0.159. The van der Waals surface area contributed by atoms with Gasteiger partial charge < -0.3 is 25.2 Å². The third-order valence-corrected chi connectivity index (χ3v) is 4.82. The van der Waals surface area contributed by atoms with Gasteiger partial charge in [-0.05, 0) is 37.4 Å². The smallest absolute Gasteiger partial charge is 0.414 e. The fourth-order valence-corrected chi connectivity index (χ4v) is 3.48. The number of benzene rings is 1. The van der Waals surface area contributed by atoms with Crippen LogP contribution in [0.25, 0.3) is 0 Å². The lowest BCUT2D eigenvalue weighted by Crippen LogP contribution is -2.40. The summed E-state index contributed by atoms with van der Waals surface area (Å²) in [5, 5.41) is 17.9. The predicted molar refractivity (Wildman–Crippen MR) is 108 cm³/mol. The molecule has 2 heterocycles. The quantitative estimate of drug-likeness (QED) is 0.640. The maximum Gasteiger partial charge on any atom is 0.414 e. The van der Waals surface area contributed by atoms with E-state index in [0.29, 0.717) is 12.5 Å². The van der Waals surface area contributed by atoms with Gasteiger partial charge in [0.25, 0.3) is 0 Å². The van der Waals surface area contributed by atoms with Crippen molar-refractivity contribution in [2.24, 2.45) is 5.92 Å². The molecule has 0 aromatic heterocycles. The average molecular weight is 407 g/mol. The van der Waals surface area contributed by atoms with E-state index in [9.17, 15) is 4.79 Å². The van der Waals surface area contributed by atoms with Crippen LogP contribution in [0.4, 0.5) is 11.4 Å². The van der Waals surface area contributed by atoms with Crippen LogP contribution in [-0.2, 0) is 19.1 Å².